The average molecular weight is 338 g/mol. The average Bonchev–Trinajstić information content (AvgIpc) is 2.40. The molecule has 0 bridgehead atoms. The molecule has 0 heterocycles. The van der Waals surface area contributed by atoms with Crippen molar-refractivity contribution in [2.24, 2.45) is 0 Å². The van der Waals surface area contributed by atoms with Crippen molar-refractivity contribution in [3.8, 4) is 0 Å². The van der Waals surface area contributed by atoms with Crippen molar-refractivity contribution in [1.82, 2.24) is 4.72 Å². The number of hydrogen-bond donors (Lipinski definition) is 1. The van der Waals surface area contributed by atoms with E-state index in [1.54, 1.807) is 24.3 Å². The van der Waals surface area contributed by atoms with Gasteiger partial charge < -0.3 is 0 Å². The highest BCUT2D eigenvalue weighted by molar-refractivity contribution is 7.88. The number of benzene rings is 2. The maximum absolute atomic E-state index is 12.3. The van der Waals surface area contributed by atoms with Gasteiger partial charge in [-0.25, -0.2) is 13.1 Å². The summed E-state index contributed by atoms with van der Waals surface area (Å²) in [5.74, 6) is -0.0561. The van der Waals surface area contributed by atoms with Crippen LogP contribution in [0.25, 0.3) is 0 Å². The number of rotatable bonds is 5. The lowest BCUT2D eigenvalue weighted by molar-refractivity contribution is 0.565. The fourth-order valence-electron chi connectivity index (χ4n) is 2.49. The summed E-state index contributed by atoms with van der Waals surface area (Å²) in [6, 6.07) is 12.6. The zero-order valence-corrected chi connectivity index (χ0v) is 14.5. The predicted molar refractivity (Wildman–Crippen MR) is 91.5 cm³/mol. The van der Waals surface area contributed by atoms with Crippen LogP contribution in [0.2, 0.25) is 5.02 Å². The Kier molecular flexibility index (Phi) is 5.27. The summed E-state index contributed by atoms with van der Waals surface area (Å²) < 4.78 is 27.3. The second-order valence-electron chi connectivity index (χ2n) is 5.59. The smallest absolute Gasteiger partial charge is 0.212 e. The van der Waals surface area contributed by atoms with E-state index in [4.69, 9.17) is 11.6 Å². The van der Waals surface area contributed by atoms with Gasteiger partial charge in [-0.15, -0.1) is 0 Å². The van der Waals surface area contributed by atoms with Crippen LogP contribution in [-0.2, 0) is 15.8 Å². The first-order valence-corrected chi connectivity index (χ1v) is 9.11. The zero-order valence-electron chi connectivity index (χ0n) is 12.9. The molecular weight excluding hydrogens is 318 g/mol. The molecule has 0 aliphatic heterocycles. The fourth-order valence-corrected chi connectivity index (χ4v) is 3.99. The van der Waals surface area contributed by atoms with E-state index >= 15 is 0 Å². The van der Waals surface area contributed by atoms with Crippen molar-refractivity contribution in [1.29, 1.82) is 0 Å². The van der Waals surface area contributed by atoms with Gasteiger partial charge in [0.05, 0.1) is 5.75 Å². The molecule has 2 aromatic rings. The van der Waals surface area contributed by atoms with Crippen molar-refractivity contribution >= 4 is 21.6 Å². The molecule has 0 saturated carbocycles. The first-order valence-electron chi connectivity index (χ1n) is 7.08. The lowest BCUT2D eigenvalue weighted by Crippen LogP contribution is -2.28. The number of halogens is 1. The van der Waals surface area contributed by atoms with Crippen molar-refractivity contribution in [3.63, 3.8) is 0 Å². The SMILES string of the molecule is Cc1ccc([C@H](C)NS(=O)(=O)Cc2ccc(Cl)cc2)c(C)c1. The van der Waals surface area contributed by atoms with Crippen LogP contribution in [0.5, 0.6) is 0 Å². The number of sulfonamides is 1. The molecular formula is C17H20ClNO2S. The van der Waals surface area contributed by atoms with Crippen LogP contribution in [0.1, 0.15) is 35.2 Å². The minimum absolute atomic E-state index is 0.0561. The fraction of sp³-hybridized carbons (Fsp3) is 0.294. The molecule has 2 aromatic carbocycles. The van der Waals surface area contributed by atoms with E-state index in [1.165, 1.54) is 0 Å². The summed E-state index contributed by atoms with van der Waals surface area (Å²) in [6.07, 6.45) is 0. The highest BCUT2D eigenvalue weighted by atomic mass is 35.5. The van der Waals surface area contributed by atoms with E-state index in [2.05, 4.69) is 10.8 Å². The van der Waals surface area contributed by atoms with Gasteiger partial charge in [-0.05, 0) is 49.6 Å². The molecule has 0 aliphatic rings. The van der Waals surface area contributed by atoms with E-state index in [-0.39, 0.29) is 11.8 Å². The summed E-state index contributed by atoms with van der Waals surface area (Å²) in [5, 5.41) is 0.595. The van der Waals surface area contributed by atoms with E-state index in [1.807, 2.05) is 32.9 Å². The first kappa shape index (κ1) is 17.0. The second-order valence-corrected chi connectivity index (χ2v) is 7.78. The van der Waals surface area contributed by atoms with Gasteiger partial charge in [0.1, 0.15) is 0 Å². The monoisotopic (exact) mass is 337 g/mol. The van der Waals surface area contributed by atoms with Gasteiger partial charge in [-0.2, -0.15) is 0 Å². The van der Waals surface area contributed by atoms with Crippen molar-refractivity contribution in [2.75, 3.05) is 0 Å². The highest BCUT2D eigenvalue weighted by Crippen LogP contribution is 2.20. The van der Waals surface area contributed by atoms with Crippen LogP contribution in [0.4, 0.5) is 0 Å². The Morgan fingerprint density at radius 3 is 2.32 bits per heavy atom. The third kappa shape index (κ3) is 4.57. The molecule has 0 spiro atoms. The molecule has 0 amide bonds. The van der Waals surface area contributed by atoms with E-state index in [0.717, 1.165) is 16.7 Å². The van der Waals surface area contributed by atoms with Crippen LogP contribution in [0.15, 0.2) is 42.5 Å². The molecule has 0 aromatic heterocycles. The summed E-state index contributed by atoms with van der Waals surface area (Å²) in [5.41, 5.74) is 3.95. The molecule has 1 atom stereocenters. The van der Waals surface area contributed by atoms with Gasteiger partial charge in [0.2, 0.25) is 10.0 Å². The predicted octanol–water partition coefficient (Wildman–Crippen LogP) is 4.14. The molecule has 22 heavy (non-hydrogen) atoms. The van der Waals surface area contributed by atoms with Crippen LogP contribution in [-0.4, -0.2) is 8.42 Å². The summed E-state index contributed by atoms with van der Waals surface area (Å²) >= 11 is 5.81. The Bertz CT molecular complexity index is 755. The Morgan fingerprint density at radius 1 is 1.09 bits per heavy atom. The van der Waals surface area contributed by atoms with E-state index in [9.17, 15) is 8.42 Å². The third-order valence-corrected chi connectivity index (χ3v) is 5.20. The van der Waals surface area contributed by atoms with E-state index in [0.29, 0.717) is 10.6 Å². The van der Waals surface area contributed by atoms with Crippen LogP contribution in [0.3, 0.4) is 0 Å². The van der Waals surface area contributed by atoms with Crippen molar-refractivity contribution in [3.05, 3.63) is 69.7 Å². The minimum Gasteiger partial charge on any atom is -0.212 e. The number of aryl methyl sites for hydroxylation is 2. The lowest BCUT2D eigenvalue weighted by Gasteiger charge is -2.17. The number of hydrogen-bond acceptors (Lipinski definition) is 2. The number of nitrogens with one attached hydrogen (secondary N) is 1. The van der Waals surface area contributed by atoms with E-state index < -0.39 is 10.0 Å². The van der Waals surface area contributed by atoms with Crippen LogP contribution < -0.4 is 4.72 Å². The Labute approximate surface area is 137 Å². The Balaban J connectivity index is 2.12. The molecule has 3 nitrogen and oxygen atoms in total. The molecule has 0 aliphatic carbocycles. The van der Waals surface area contributed by atoms with Gasteiger partial charge >= 0.3 is 0 Å². The molecule has 1 N–H and O–H groups in total. The minimum atomic E-state index is -3.41. The largest absolute Gasteiger partial charge is 0.216 e. The van der Waals surface area contributed by atoms with Crippen molar-refractivity contribution < 1.29 is 8.42 Å². The molecule has 0 radical (unpaired) electrons. The summed E-state index contributed by atoms with van der Waals surface area (Å²) in [6.45, 7) is 5.87. The first-order chi connectivity index (χ1) is 10.3. The Morgan fingerprint density at radius 2 is 1.73 bits per heavy atom. The lowest BCUT2D eigenvalue weighted by atomic mass is 10.0. The van der Waals surface area contributed by atoms with Gasteiger partial charge in [0.25, 0.3) is 0 Å². The van der Waals surface area contributed by atoms with Crippen LogP contribution in [0, 0.1) is 13.8 Å². The van der Waals surface area contributed by atoms with Gasteiger partial charge in [-0.3, -0.25) is 0 Å². The Hall–Kier alpha value is -1.36. The molecule has 0 saturated heterocycles. The standard InChI is InChI=1S/C17H20ClNO2S/c1-12-4-9-17(13(2)10-12)14(3)19-22(20,21)11-15-5-7-16(18)8-6-15/h4-10,14,19H,11H2,1-3H3/t14-/m0/s1. The summed E-state index contributed by atoms with van der Waals surface area (Å²) in [7, 11) is -3.41. The van der Waals surface area contributed by atoms with Crippen LogP contribution >= 0.6 is 11.6 Å². The van der Waals surface area contributed by atoms with Gasteiger partial charge in [0, 0.05) is 11.1 Å². The molecule has 2 rings (SSSR count). The molecule has 5 heteroatoms. The quantitative estimate of drug-likeness (QED) is 0.891. The van der Waals surface area contributed by atoms with Gasteiger partial charge in [-0.1, -0.05) is 47.5 Å². The normalized spacial score (nSPS) is 13.1. The molecule has 0 unspecified atom stereocenters. The summed E-state index contributed by atoms with van der Waals surface area (Å²) in [4.78, 5) is 0. The topological polar surface area (TPSA) is 46.2 Å². The second kappa shape index (κ2) is 6.82. The molecule has 118 valence electrons. The van der Waals surface area contributed by atoms with Gasteiger partial charge in [0.15, 0.2) is 0 Å². The molecule has 0 fully saturated rings. The highest BCUT2D eigenvalue weighted by Gasteiger charge is 2.17. The third-order valence-electron chi connectivity index (χ3n) is 3.52. The maximum atomic E-state index is 12.3. The maximum Gasteiger partial charge on any atom is 0.216 e. The van der Waals surface area contributed by atoms with Crippen molar-refractivity contribution in [2.45, 2.75) is 32.6 Å². The zero-order chi connectivity index (χ0) is 16.3.